The standard InChI is InChI=1S/C55H52N6O7/c1-5-42(32-67-55(39-13-7-6-8-14-39,40-23-27-43(64-3)28-24-40)41-25-29-44(65-4)30-26-41)68-36(2)61-35-59-50-51(57-34-58-52(50)61)60-53(62)38-21-19-37(20-22-38)31-56-54(63)66-33-49-47-17-11-9-15-45(47)46-16-10-12-18-48(46)49/h6-30,34-36,42,49H,5,31-33H2,1-4H3,(H,56,63)(H,57,58,60,62)/t36?,42-/m0/s1. The van der Waals surface area contributed by atoms with Crippen molar-refractivity contribution >= 4 is 29.0 Å². The van der Waals surface area contributed by atoms with Gasteiger partial charge in [0.25, 0.3) is 5.91 Å². The first kappa shape index (κ1) is 45.3. The van der Waals surface area contributed by atoms with Crippen molar-refractivity contribution in [1.82, 2.24) is 24.8 Å². The molecule has 2 aromatic heterocycles. The van der Waals surface area contributed by atoms with Crippen LogP contribution in [0.2, 0.25) is 0 Å². The number of benzene rings is 6. The van der Waals surface area contributed by atoms with Crippen molar-refractivity contribution in [2.45, 2.75) is 50.7 Å². The molecule has 0 saturated carbocycles. The Hall–Kier alpha value is -7.87. The van der Waals surface area contributed by atoms with E-state index in [4.69, 9.17) is 23.7 Å². The Morgan fingerprint density at radius 3 is 1.90 bits per heavy atom. The zero-order valence-electron chi connectivity index (χ0n) is 38.3. The molecule has 2 heterocycles. The summed E-state index contributed by atoms with van der Waals surface area (Å²) in [4.78, 5) is 39.8. The van der Waals surface area contributed by atoms with Crippen LogP contribution in [0.4, 0.5) is 10.6 Å². The SMILES string of the molecule is CC[C@@H](COC(c1ccccc1)(c1ccc(OC)cc1)c1ccc(OC)cc1)OC(C)n1cnc2c(NC(=O)c3ccc(CNC(=O)OCC4c5ccccc5-c5ccccc54)cc3)ncnc21. The number of hydrogen-bond donors (Lipinski definition) is 2. The Labute approximate surface area is 395 Å². The van der Waals surface area contributed by atoms with Gasteiger partial charge in [-0.1, -0.05) is 122 Å². The Morgan fingerprint density at radius 1 is 0.706 bits per heavy atom. The number of nitrogens with zero attached hydrogens (tertiary/aromatic N) is 4. The zero-order chi connectivity index (χ0) is 47.0. The van der Waals surface area contributed by atoms with E-state index < -0.39 is 17.9 Å². The third-order valence-electron chi connectivity index (χ3n) is 12.5. The van der Waals surface area contributed by atoms with Gasteiger partial charge < -0.3 is 34.3 Å². The lowest BCUT2D eigenvalue weighted by Crippen LogP contribution is -2.36. The molecule has 2 N–H and O–H groups in total. The highest BCUT2D eigenvalue weighted by atomic mass is 16.6. The fraction of sp³-hybridized carbons (Fsp3) is 0.218. The smallest absolute Gasteiger partial charge is 0.407 e. The van der Waals surface area contributed by atoms with Gasteiger partial charge in [0.1, 0.15) is 36.3 Å². The Morgan fingerprint density at radius 2 is 1.29 bits per heavy atom. The van der Waals surface area contributed by atoms with E-state index >= 15 is 0 Å². The summed E-state index contributed by atoms with van der Waals surface area (Å²) >= 11 is 0. The third kappa shape index (κ3) is 9.26. The van der Waals surface area contributed by atoms with Crippen molar-refractivity contribution in [3.63, 3.8) is 0 Å². The Bertz CT molecular complexity index is 2900. The largest absolute Gasteiger partial charge is 0.497 e. The van der Waals surface area contributed by atoms with Crippen molar-refractivity contribution in [3.05, 3.63) is 203 Å². The molecule has 0 aliphatic heterocycles. The van der Waals surface area contributed by atoms with Crippen LogP contribution in [-0.4, -0.2) is 65.1 Å². The first-order valence-electron chi connectivity index (χ1n) is 22.6. The number of nitrogens with one attached hydrogen (secondary N) is 2. The quantitative estimate of drug-likeness (QED) is 0.0797. The van der Waals surface area contributed by atoms with Crippen molar-refractivity contribution in [2.24, 2.45) is 0 Å². The first-order valence-corrected chi connectivity index (χ1v) is 22.6. The molecule has 13 heteroatoms. The number of carbonyl (C=O) groups excluding carboxylic acids is 2. The number of rotatable bonds is 18. The normalized spacial score (nSPS) is 13.0. The maximum Gasteiger partial charge on any atom is 0.407 e. The van der Waals surface area contributed by atoms with E-state index in [9.17, 15) is 9.59 Å². The van der Waals surface area contributed by atoms with Crippen molar-refractivity contribution in [2.75, 3.05) is 32.8 Å². The van der Waals surface area contributed by atoms with E-state index in [1.165, 1.54) is 17.5 Å². The van der Waals surface area contributed by atoms with Crippen molar-refractivity contribution in [3.8, 4) is 22.6 Å². The lowest BCUT2D eigenvalue weighted by atomic mass is 9.80. The number of alkyl carbamates (subject to hydrolysis) is 1. The predicted octanol–water partition coefficient (Wildman–Crippen LogP) is 10.5. The summed E-state index contributed by atoms with van der Waals surface area (Å²) in [5, 5.41) is 5.73. The van der Waals surface area contributed by atoms with Gasteiger partial charge in [0.15, 0.2) is 17.0 Å². The fourth-order valence-electron chi connectivity index (χ4n) is 8.88. The molecule has 0 bridgehead atoms. The first-order chi connectivity index (χ1) is 33.3. The molecule has 344 valence electrons. The van der Waals surface area contributed by atoms with Gasteiger partial charge >= 0.3 is 6.09 Å². The van der Waals surface area contributed by atoms with Gasteiger partial charge in [0, 0.05) is 18.0 Å². The van der Waals surface area contributed by atoms with E-state index in [0.29, 0.717) is 23.1 Å². The molecule has 9 rings (SSSR count). The number of fused-ring (bicyclic) bond motifs is 4. The highest BCUT2D eigenvalue weighted by molar-refractivity contribution is 6.06. The van der Waals surface area contributed by atoms with Gasteiger partial charge in [0.05, 0.1) is 33.3 Å². The van der Waals surface area contributed by atoms with Gasteiger partial charge in [-0.3, -0.25) is 9.36 Å². The topological polar surface area (TPSA) is 148 Å². The maximum absolute atomic E-state index is 13.5. The van der Waals surface area contributed by atoms with Crippen molar-refractivity contribution < 1.29 is 33.3 Å². The van der Waals surface area contributed by atoms with Gasteiger partial charge in [-0.15, -0.1) is 0 Å². The second-order valence-corrected chi connectivity index (χ2v) is 16.5. The van der Waals surface area contributed by atoms with Crippen LogP contribution in [0.15, 0.2) is 164 Å². The number of ether oxygens (including phenoxy) is 5. The molecule has 6 aromatic carbocycles. The second-order valence-electron chi connectivity index (χ2n) is 16.5. The summed E-state index contributed by atoms with van der Waals surface area (Å²) in [6.07, 6.45) is 2.29. The van der Waals surface area contributed by atoms with Crippen LogP contribution in [0, 0.1) is 0 Å². The summed E-state index contributed by atoms with van der Waals surface area (Å²) in [7, 11) is 3.30. The third-order valence-corrected chi connectivity index (χ3v) is 12.5. The van der Waals surface area contributed by atoms with E-state index in [2.05, 4.69) is 68.9 Å². The second kappa shape index (κ2) is 20.3. The molecule has 0 saturated heterocycles. The summed E-state index contributed by atoms with van der Waals surface area (Å²) < 4.78 is 32.4. The van der Waals surface area contributed by atoms with Gasteiger partial charge in [-0.05, 0) is 94.3 Å². The number of hydrogen-bond acceptors (Lipinski definition) is 10. The average Bonchev–Trinajstić information content (AvgIpc) is 3.98. The summed E-state index contributed by atoms with van der Waals surface area (Å²) in [6, 6.07) is 49.4. The minimum Gasteiger partial charge on any atom is -0.497 e. The number of aromatic nitrogens is 4. The van der Waals surface area contributed by atoms with Crippen LogP contribution in [0.25, 0.3) is 22.3 Å². The summed E-state index contributed by atoms with van der Waals surface area (Å²) in [5.74, 6) is 1.33. The van der Waals surface area contributed by atoms with E-state index in [-0.39, 0.29) is 43.5 Å². The van der Waals surface area contributed by atoms with Crippen LogP contribution in [-0.2, 0) is 26.4 Å². The number of anilines is 1. The van der Waals surface area contributed by atoms with Crippen molar-refractivity contribution in [1.29, 1.82) is 0 Å². The molecule has 1 aliphatic rings. The minimum atomic E-state index is -1.01. The molecule has 2 amide bonds. The molecule has 0 radical (unpaired) electrons. The monoisotopic (exact) mass is 908 g/mol. The molecule has 1 unspecified atom stereocenters. The van der Waals surface area contributed by atoms with Crippen LogP contribution in [0.3, 0.4) is 0 Å². The molecular formula is C55H52N6O7. The summed E-state index contributed by atoms with van der Waals surface area (Å²) in [6.45, 7) is 4.67. The number of methoxy groups -OCH3 is 2. The highest BCUT2D eigenvalue weighted by Crippen LogP contribution is 2.45. The lowest BCUT2D eigenvalue weighted by molar-refractivity contribution is -0.105. The molecule has 0 spiro atoms. The van der Waals surface area contributed by atoms with Crippen LogP contribution in [0.5, 0.6) is 11.5 Å². The number of amides is 2. The molecular weight excluding hydrogens is 857 g/mol. The lowest BCUT2D eigenvalue weighted by Gasteiger charge is -2.37. The minimum absolute atomic E-state index is 0.0308. The highest BCUT2D eigenvalue weighted by Gasteiger charge is 2.39. The number of carbonyl (C=O) groups is 2. The van der Waals surface area contributed by atoms with Crippen LogP contribution >= 0.6 is 0 Å². The van der Waals surface area contributed by atoms with E-state index in [0.717, 1.165) is 44.9 Å². The molecule has 1 aliphatic carbocycles. The fourth-order valence-corrected chi connectivity index (χ4v) is 8.88. The molecule has 13 nitrogen and oxygen atoms in total. The zero-order valence-corrected chi connectivity index (χ0v) is 38.3. The van der Waals surface area contributed by atoms with E-state index in [1.54, 1.807) is 44.8 Å². The van der Waals surface area contributed by atoms with Crippen LogP contribution in [0.1, 0.15) is 76.2 Å². The van der Waals surface area contributed by atoms with Gasteiger partial charge in [-0.2, -0.15) is 0 Å². The molecule has 8 aromatic rings. The average molecular weight is 909 g/mol. The summed E-state index contributed by atoms with van der Waals surface area (Å²) in [5.41, 5.74) is 8.52. The number of imidazole rings is 1. The Kier molecular flexibility index (Phi) is 13.5. The van der Waals surface area contributed by atoms with Gasteiger partial charge in [0.2, 0.25) is 0 Å². The van der Waals surface area contributed by atoms with Gasteiger partial charge in [-0.25, -0.2) is 19.7 Å². The van der Waals surface area contributed by atoms with E-state index in [1.807, 2.05) is 102 Å². The molecule has 2 atom stereocenters. The molecule has 0 fully saturated rings. The predicted molar refractivity (Wildman–Crippen MR) is 260 cm³/mol. The van der Waals surface area contributed by atoms with Crippen LogP contribution < -0.4 is 20.1 Å². The maximum atomic E-state index is 13.5. The Balaban J connectivity index is 0.840. The molecule has 68 heavy (non-hydrogen) atoms.